The van der Waals surface area contributed by atoms with Crippen molar-refractivity contribution in [1.29, 1.82) is 0 Å². The van der Waals surface area contributed by atoms with Gasteiger partial charge < -0.3 is 19.5 Å². The molecule has 2 aromatic rings. The van der Waals surface area contributed by atoms with Crippen LogP contribution in [0.15, 0.2) is 47.1 Å². The molecule has 3 amide bonds. The predicted molar refractivity (Wildman–Crippen MR) is 95.9 cm³/mol. The van der Waals surface area contributed by atoms with Crippen LogP contribution in [-0.2, 0) is 4.79 Å². The average Bonchev–Trinajstić information content (AvgIpc) is 3.32. The lowest BCUT2D eigenvalue weighted by Gasteiger charge is -2.26. The van der Waals surface area contributed by atoms with Crippen LogP contribution >= 0.6 is 0 Å². The first-order chi connectivity index (χ1) is 12.5. The molecule has 1 N–H and O–H groups in total. The SMILES string of the molecule is CN(C)C(=O)C1CCCN1C(=O)c1ccc(NC(=O)c2ccco2)cc1. The quantitative estimate of drug-likeness (QED) is 0.912. The molecule has 1 fully saturated rings. The summed E-state index contributed by atoms with van der Waals surface area (Å²) in [5.74, 6) is -0.373. The molecule has 0 saturated carbocycles. The van der Waals surface area contributed by atoms with Gasteiger partial charge in [-0.15, -0.1) is 0 Å². The van der Waals surface area contributed by atoms with E-state index in [0.29, 0.717) is 24.2 Å². The minimum absolute atomic E-state index is 0.0572. The molecule has 0 aliphatic carbocycles. The van der Waals surface area contributed by atoms with Gasteiger partial charge in [-0.05, 0) is 49.2 Å². The van der Waals surface area contributed by atoms with E-state index >= 15 is 0 Å². The molecule has 26 heavy (non-hydrogen) atoms. The van der Waals surface area contributed by atoms with Gasteiger partial charge in [-0.25, -0.2) is 0 Å². The molecule has 3 rings (SSSR count). The molecule has 7 nitrogen and oxygen atoms in total. The second-order valence-electron chi connectivity index (χ2n) is 6.40. The molecule has 7 heteroatoms. The van der Waals surface area contributed by atoms with Gasteiger partial charge in [0.05, 0.1) is 6.26 Å². The zero-order chi connectivity index (χ0) is 18.7. The first-order valence-electron chi connectivity index (χ1n) is 8.44. The highest BCUT2D eigenvalue weighted by molar-refractivity contribution is 6.03. The molecule has 1 unspecified atom stereocenters. The lowest BCUT2D eigenvalue weighted by Crippen LogP contribution is -2.45. The lowest BCUT2D eigenvalue weighted by molar-refractivity contribution is -0.132. The number of nitrogens with one attached hydrogen (secondary N) is 1. The van der Waals surface area contributed by atoms with Gasteiger partial charge in [0.25, 0.3) is 11.8 Å². The number of furan rings is 1. The Balaban J connectivity index is 1.69. The summed E-state index contributed by atoms with van der Waals surface area (Å²) in [6.45, 7) is 0.570. The van der Waals surface area contributed by atoms with Crippen molar-refractivity contribution in [2.75, 3.05) is 26.0 Å². The third-order valence-corrected chi connectivity index (χ3v) is 4.37. The van der Waals surface area contributed by atoms with E-state index in [1.54, 1.807) is 55.4 Å². The molecule has 0 bridgehead atoms. The highest BCUT2D eigenvalue weighted by Gasteiger charge is 2.35. The van der Waals surface area contributed by atoms with Gasteiger partial charge in [0.15, 0.2) is 5.76 Å². The van der Waals surface area contributed by atoms with E-state index in [1.165, 1.54) is 11.2 Å². The van der Waals surface area contributed by atoms with Crippen molar-refractivity contribution >= 4 is 23.4 Å². The first-order valence-corrected chi connectivity index (χ1v) is 8.44. The molecule has 1 aromatic carbocycles. The molecule has 2 heterocycles. The van der Waals surface area contributed by atoms with E-state index in [-0.39, 0.29) is 23.5 Å². The van der Waals surface area contributed by atoms with Gasteiger partial charge in [-0.1, -0.05) is 0 Å². The van der Waals surface area contributed by atoms with E-state index < -0.39 is 6.04 Å². The number of carbonyl (C=O) groups is 3. The largest absolute Gasteiger partial charge is 0.459 e. The van der Waals surface area contributed by atoms with Crippen molar-refractivity contribution in [3.05, 3.63) is 54.0 Å². The maximum absolute atomic E-state index is 12.8. The molecular formula is C19H21N3O4. The van der Waals surface area contributed by atoms with Crippen LogP contribution in [0.5, 0.6) is 0 Å². The number of likely N-dealkylation sites (N-methyl/N-ethyl adjacent to an activating group) is 1. The number of anilines is 1. The van der Waals surface area contributed by atoms with Crippen molar-refractivity contribution in [2.24, 2.45) is 0 Å². The monoisotopic (exact) mass is 355 g/mol. The third-order valence-electron chi connectivity index (χ3n) is 4.37. The number of rotatable bonds is 4. The highest BCUT2D eigenvalue weighted by Crippen LogP contribution is 2.22. The van der Waals surface area contributed by atoms with E-state index in [4.69, 9.17) is 4.42 Å². The first kappa shape index (κ1) is 17.7. The molecule has 136 valence electrons. The molecule has 1 aromatic heterocycles. The van der Waals surface area contributed by atoms with Crippen molar-refractivity contribution in [2.45, 2.75) is 18.9 Å². The Kier molecular flexibility index (Phi) is 5.06. The summed E-state index contributed by atoms with van der Waals surface area (Å²) in [4.78, 5) is 40.1. The van der Waals surface area contributed by atoms with E-state index in [1.807, 2.05) is 0 Å². The summed E-state index contributed by atoms with van der Waals surface area (Å²) in [6.07, 6.45) is 2.92. The van der Waals surface area contributed by atoms with E-state index in [9.17, 15) is 14.4 Å². The number of carbonyl (C=O) groups excluding carboxylic acids is 3. The van der Waals surface area contributed by atoms with Gasteiger partial charge in [-0.3, -0.25) is 14.4 Å². The zero-order valence-electron chi connectivity index (χ0n) is 14.8. The predicted octanol–water partition coefficient (Wildman–Crippen LogP) is 2.22. The third kappa shape index (κ3) is 3.61. The fraction of sp³-hybridized carbons (Fsp3) is 0.316. The van der Waals surface area contributed by atoms with Crippen LogP contribution in [0.3, 0.4) is 0 Å². The number of benzene rings is 1. The Morgan fingerprint density at radius 3 is 2.50 bits per heavy atom. The fourth-order valence-electron chi connectivity index (χ4n) is 3.03. The van der Waals surface area contributed by atoms with Crippen LogP contribution in [0, 0.1) is 0 Å². The number of nitrogens with zero attached hydrogens (tertiary/aromatic N) is 2. The van der Waals surface area contributed by atoms with Crippen LogP contribution in [0.25, 0.3) is 0 Å². The number of hydrogen-bond acceptors (Lipinski definition) is 4. The molecule has 0 radical (unpaired) electrons. The smallest absolute Gasteiger partial charge is 0.291 e. The van der Waals surface area contributed by atoms with Crippen molar-refractivity contribution in [3.8, 4) is 0 Å². The van der Waals surface area contributed by atoms with Gasteiger partial charge in [0, 0.05) is 31.9 Å². The maximum atomic E-state index is 12.8. The Hall–Kier alpha value is -3.09. The minimum atomic E-state index is -0.407. The molecule has 0 spiro atoms. The molecular weight excluding hydrogens is 334 g/mol. The van der Waals surface area contributed by atoms with Crippen LogP contribution < -0.4 is 5.32 Å². The Labute approximate surface area is 151 Å². The molecule has 1 atom stereocenters. The zero-order valence-corrected chi connectivity index (χ0v) is 14.8. The average molecular weight is 355 g/mol. The summed E-state index contributed by atoms with van der Waals surface area (Å²) < 4.78 is 5.04. The number of hydrogen-bond donors (Lipinski definition) is 1. The number of likely N-dealkylation sites (tertiary alicyclic amines) is 1. The summed E-state index contributed by atoms with van der Waals surface area (Å²) in [7, 11) is 3.39. The van der Waals surface area contributed by atoms with Crippen molar-refractivity contribution in [1.82, 2.24) is 9.80 Å². The Bertz CT molecular complexity index is 797. The standard InChI is InChI=1S/C19H21N3O4/c1-21(2)19(25)15-5-3-11-22(15)18(24)13-7-9-14(10-8-13)20-17(23)16-6-4-12-26-16/h4,6-10,12,15H,3,5,11H2,1-2H3,(H,20,23). The van der Waals surface area contributed by atoms with Crippen LogP contribution in [0.4, 0.5) is 5.69 Å². The Morgan fingerprint density at radius 2 is 1.88 bits per heavy atom. The van der Waals surface area contributed by atoms with E-state index in [0.717, 1.165) is 6.42 Å². The van der Waals surface area contributed by atoms with Gasteiger partial charge in [0.2, 0.25) is 5.91 Å². The second-order valence-corrected chi connectivity index (χ2v) is 6.40. The van der Waals surface area contributed by atoms with Gasteiger partial charge in [-0.2, -0.15) is 0 Å². The summed E-state index contributed by atoms with van der Waals surface area (Å²) in [6, 6.07) is 9.42. The second kappa shape index (κ2) is 7.43. The van der Waals surface area contributed by atoms with Gasteiger partial charge in [0.1, 0.15) is 6.04 Å². The summed E-state index contributed by atoms with van der Waals surface area (Å²) in [5, 5.41) is 2.70. The number of amides is 3. The summed E-state index contributed by atoms with van der Waals surface area (Å²) in [5.41, 5.74) is 1.05. The van der Waals surface area contributed by atoms with Crippen molar-refractivity contribution < 1.29 is 18.8 Å². The fourth-order valence-corrected chi connectivity index (χ4v) is 3.03. The normalized spacial score (nSPS) is 16.4. The van der Waals surface area contributed by atoms with Crippen LogP contribution in [0.2, 0.25) is 0 Å². The topological polar surface area (TPSA) is 82.9 Å². The molecule has 1 aliphatic heterocycles. The van der Waals surface area contributed by atoms with E-state index in [2.05, 4.69) is 5.32 Å². The summed E-state index contributed by atoms with van der Waals surface area (Å²) >= 11 is 0. The van der Waals surface area contributed by atoms with Gasteiger partial charge >= 0.3 is 0 Å². The minimum Gasteiger partial charge on any atom is -0.459 e. The molecule has 1 saturated heterocycles. The highest BCUT2D eigenvalue weighted by atomic mass is 16.3. The van der Waals surface area contributed by atoms with Crippen LogP contribution in [-0.4, -0.2) is 54.2 Å². The van der Waals surface area contributed by atoms with Crippen molar-refractivity contribution in [3.63, 3.8) is 0 Å². The maximum Gasteiger partial charge on any atom is 0.291 e. The Morgan fingerprint density at radius 1 is 1.15 bits per heavy atom. The lowest BCUT2D eigenvalue weighted by atomic mass is 10.1. The molecule has 1 aliphatic rings. The van der Waals surface area contributed by atoms with Crippen LogP contribution in [0.1, 0.15) is 33.8 Å².